The van der Waals surface area contributed by atoms with Crippen molar-refractivity contribution in [2.45, 2.75) is 25.8 Å². The maximum atomic E-state index is 12.4. The lowest BCUT2D eigenvalue weighted by atomic mass is 10.0. The van der Waals surface area contributed by atoms with E-state index in [1.165, 1.54) is 0 Å². The number of methoxy groups -OCH3 is 1. The van der Waals surface area contributed by atoms with E-state index in [9.17, 15) is 4.79 Å². The lowest BCUT2D eigenvalue weighted by molar-refractivity contribution is 0.243. The van der Waals surface area contributed by atoms with E-state index >= 15 is 0 Å². The molecule has 0 saturated carbocycles. The minimum Gasteiger partial charge on any atom is -0.497 e. The molecule has 0 radical (unpaired) electrons. The van der Waals surface area contributed by atoms with E-state index in [4.69, 9.17) is 9.84 Å². The number of ether oxygens (including phenoxy) is 1. The van der Waals surface area contributed by atoms with Gasteiger partial charge in [0.1, 0.15) is 5.75 Å². The zero-order valence-electron chi connectivity index (χ0n) is 14.1. The molecule has 0 aromatic heterocycles. The number of aliphatic hydroxyl groups is 1. The molecular weight excluding hydrogens is 304 g/mol. The first-order valence-electron chi connectivity index (χ1n) is 8.02. The third-order valence-electron chi connectivity index (χ3n) is 3.84. The van der Waals surface area contributed by atoms with Crippen LogP contribution in [0.5, 0.6) is 5.75 Å². The van der Waals surface area contributed by atoms with Crippen molar-refractivity contribution in [3.8, 4) is 5.75 Å². The molecule has 0 heterocycles. The number of benzene rings is 2. The Bertz CT molecular complexity index is 659. The molecule has 0 bridgehead atoms. The normalized spacial score (nSPS) is 11.6. The summed E-state index contributed by atoms with van der Waals surface area (Å²) in [6.45, 7) is 2.02. The third kappa shape index (κ3) is 4.99. The van der Waals surface area contributed by atoms with Crippen LogP contribution < -0.4 is 15.4 Å². The van der Waals surface area contributed by atoms with Crippen molar-refractivity contribution in [1.82, 2.24) is 5.32 Å². The quantitative estimate of drug-likeness (QED) is 0.727. The van der Waals surface area contributed by atoms with Crippen molar-refractivity contribution in [2.24, 2.45) is 0 Å². The fraction of sp³-hybridized carbons (Fsp3) is 0.316. The molecular formula is C19H24N2O3. The highest BCUT2D eigenvalue weighted by molar-refractivity contribution is 5.90. The van der Waals surface area contributed by atoms with E-state index in [2.05, 4.69) is 10.6 Å². The number of hydrogen-bond donors (Lipinski definition) is 3. The van der Waals surface area contributed by atoms with E-state index < -0.39 is 0 Å². The predicted molar refractivity (Wildman–Crippen MR) is 95.4 cm³/mol. The summed E-state index contributed by atoms with van der Waals surface area (Å²) in [5.74, 6) is 0.753. The van der Waals surface area contributed by atoms with Gasteiger partial charge in [-0.15, -0.1) is 0 Å². The van der Waals surface area contributed by atoms with Crippen LogP contribution in [0.3, 0.4) is 0 Å². The van der Waals surface area contributed by atoms with E-state index in [1.54, 1.807) is 7.11 Å². The first kappa shape index (κ1) is 17.8. The van der Waals surface area contributed by atoms with Gasteiger partial charge in [0, 0.05) is 12.3 Å². The Morgan fingerprint density at radius 3 is 2.58 bits per heavy atom. The number of aryl methyl sites for hydroxylation is 1. The lowest BCUT2D eigenvalue weighted by Gasteiger charge is -2.20. The summed E-state index contributed by atoms with van der Waals surface area (Å²) in [7, 11) is 1.61. The van der Waals surface area contributed by atoms with Crippen LogP contribution in [0.15, 0.2) is 48.5 Å². The monoisotopic (exact) mass is 328 g/mol. The molecule has 0 aliphatic heterocycles. The van der Waals surface area contributed by atoms with Crippen LogP contribution in [0, 0.1) is 6.92 Å². The summed E-state index contributed by atoms with van der Waals surface area (Å²) >= 11 is 0. The molecule has 1 unspecified atom stereocenters. The van der Waals surface area contributed by atoms with Crippen LogP contribution in [0.25, 0.3) is 0 Å². The van der Waals surface area contributed by atoms with Gasteiger partial charge in [-0.2, -0.15) is 0 Å². The molecule has 3 N–H and O–H groups in total. The van der Waals surface area contributed by atoms with Gasteiger partial charge in [-0.1, -0.05) is 30.3 Å². The van der Waals surface area contributed by atoms with E-state index in [0.29, 0.717) is 12.8 Å². The number of anilines is 1. The highest BCUT2D eigenvalue weighted by Crippen LogP contribution is 2.22. The van der Waals surface area contributed by atoms with Crippen LogP contribution in [-0.4, -0.2) is 24.9 Å². The Hall–Kier alpha value is -2.53. The summed E-state index contributed by atoms with van der Waals surface area (Å²) in [5, 5.41) is 14.9. The molecule has 0 aliphatic carbocycles. The van der Waals surface area contributed by atoms with Gasteiger partial charge in [-0.05, 0) is 49.1 Å². The Morgan fingerprint density at radius 2 is 1.96 bits per heavy atom. The van der Waals surface area contributed by atoms with Gasteiger partial charge in [-0.3, -0.25) is 0 Å². The molecule has 2 aromatic carbocycles. The molecule has 1 atom stereocenters. The number of rotatable bonds is 7. The summed E-state index contributed by atoms with van der Waals surface area (Å²) in [4.78, 5) is 12.4. The lowest BCUT2D eigenvalue weighted by Crippen LogP contribution is -2.33. The number of amides is 2. The minimum absolute atomic E-state index is 0.101. The second-order valence-electron chi connectivity index (χ2n) is 5.61. The molecule has 2 amide bonds. The molecule has 0 spiro atoms. The van der Waals surface area contributed by atoms with Crippen molar-refractivity contribution in [1.29, 1.82) is 0 Å². The van der Waals surface area contributed by atoms with Crippen molar-refractivity contribution in [3.05, 3.63) is 59.7 Å². The summed E-state index contributed by atoms with van der Waals surface area (Å²) in [5.41, 5.74) is 2.69. The molecule has 5 heteroatoms. The first-order valence-corrected chi connectivity index (χ1v) is 8.02. The number of aliphatic hydroxyl groups excluding tert-OH is 1. The average Bonchev–Trinajstić information content (AvgIpc) is 2.61. The van der Waals surface area contributed by atoms with Gasteiger partial charge in [-0.25, -0.2) is 4.79 Å². The van der Waals surface area contributed by atoms with Gasteiger partial charge in [0.25, 0.3) is 0 Å². The van der Waals surface area contributed by atoms with Crippen LogP contribution in [0.4, 0.5) is 10.5 Å². The summed E-state index contributed by atoms with van der Waals surface area (Å²) in [6.07, 6.45) is 1.30. The zero-order valence-corrected chi connectivity index (χ0v) is 14.1. The Kier molecular flexibility index (Phi) is 6.63. The van der Waals surface area contributed by atoms with E-state index in [-0.39, 0.29) is 18.7 Å². The average molecular weight is 328 g/mol. The maximum absolute atomic E-state index is 12.4. The largest absolute Gasteiger partial charge is 0.497 e. The van der Waals surface area contributed by atoms with Crippen LogP contribution in [-0.2, 0) is 0 Å². The van der Waals surface area contributed by atoms with Crippen molar-refractivity contribution < 1.29 is 14.6 Å². The topological polar surface area (TPSA) is 70.6 Å². The standard InChI is InChI=1S/C19H24N2O3/c1-14-13-16(24-2)10-11-17(14)20-19(23)21-18(9-6-12-22)15-7-4-3-5-8-15/h3-5,7-8,10-11,13,18,22H,6,9,12H2,1-2H3,(H2,20,21,23). The molecule has 128 valence electrons. The third-order valence-corrected chi connectivity index (χ3v) is 3.84. The fourth-order valence-electron chi connectivity index (χ4n) is 2.52. The van der Waals surface area contributed by atoms with Gasteiger partial charge in [0.2, 0.25) is 0 Å². The highest BCUT2D eigenvalue weighted by Gasteiger charge is 2.14. The summed E-state index contributed by atoms with van der Waals surface area (Å²) in [6, 6.07) is 14.9. The van der Waals surface area contributed by atoms with Crippen LogP contribution >= 0.6 is 0 Å². The predicted octanol–water partition coefficient (Wildman–Crippen LogP) is 3.64. The second-order valence-corrected chi connectivity index (χ2v) is 5.61. The van der Waals surface area contributed by atoms with Gasteiger partial charge >= 0.3 is 6.03 Å². The number of carbonyl (C=O) groups excluding carboxylic acids is 1. The minimum atomic E-state index is -0.268. The number of carbonyl (C=O) groups is 1. The molecule has 0 saturated heterocycles. The maximum Gasteiger partial charge on any atom is 0.319 e. The highest BCUT2D eigenvalue weighted by atomic mass is 16.5. The Morgan fingerprint density at radius 1 is 1.21 bits per heavy atom. The van der Waals surface area contributed by atoms with Gasteiger partial charge in [0.05, 0.1) is 13.2 Å². The first-order chi connectivity index (χ1) is 11.6. The fourth-order valence-corrected chi connectivity index (χ4v) is 2.52. The van der Waals surface area contributed by atoms with Crippen LogP contribution in [0.2, 0.25) is 0 Å². The molecule has 0 aliphatic rings. The molecule has 5 nitrogen and oxygen atoms in total. The van der Waals surface area contributed by atoms with Crippen molar-refractivity contribution >= 4 is 11.7 Å². The number of urea groups is 1. The SMILES string of the molecule is COc1ccc(NC(=O)NC(CCCO)c2ccccc2)c(C)c1. The molecule has 0 fully saturated rings. The molecule has 2 aromatic rings. The summed E-state index contributed by atoms with van der Waals surface area (Å²) < 4.78 is 5.17. The smallest absolute Gasteiger partial charge is 0.319 e. The Balaban J connectivity index is 2.05. The number of nitrogens with one attached hydrogen (secondary N) is 2. The zero-order chi connectivity index (χ0) is 17.4. The Labute approximate surface area is 142 Å². The van der Waals surface area contributed by atoms with Gasteiger partial charge < -0.3 is 20.5 Å². The van der Waals surface area contributed by atoms with Crippen LogP contribution in [0.1, 0.15) is 30.0 Å². The molecule has 24 heavy (non-hydrogen) atoms. The number of hydrogen-bond acceptors (Lipinski definition) is 3. The van der Waals surface area contributed by atoms with Crippen molar-refractivity contribution in [2.75, 3.05) is 19.0 Å². The van der Waals surface area contributed by atoms with Gasteiger partial charge in [0.15, 0.2) is 0 Å². The molecule has 2 rings (SSSR count). The van der Waals surface area contributed by atoms with E-state index in [0.717, 1.165) is 22.6 Å². The van der Waals surface area contributed by atoms with Crippen molar-refractivity contribution in [3.63, 3.8) is 0 Å². The van der Waals surface area contributed by atoms with E-state index in [1.807, 2.05) is 55.5 Å². The second kappa shape index (κ2) is 8.93.